The lowest BCUT2D eigenvalue weighted by atomic mass is 9.95. The molecule has 1 heterocycles. The summed E-state index contributed by atoms with van der Waals surface area (Å²) in [6.45, 7) is 4.36. The molecule has 0 saturated heterocycles. The van der Waals surface area contributed by atoms with E-state index >= 15 is 0 Å². The Bertz CT molecular complexity index is 591. The van der Waals surface area contributed by atoms with Crippen molar-refractivity contribution in [3.63, 3.8) is 0 Å². The van der Waals surface area contributed by atoms with Gasteiger partial charge >= 0.3 is 0 Å². The Labute approximate surface area is 131 Å². The van der Waals surface area contributed by atoms with Crippen LogP contribution in [0.1, 0.15) is 31.4 Å². The highest BCUT2D eigenvalue weighted by Gasteiger charge is 2.17. The van der Waals surface area contributed by atoms with E-state index in [9.17, 15) is 0 Å². The van der Waals surface area contributed by atoms with Crippen LogP contribution in [-0.4, -0.2) is 15.5 Å². The second kappa shape index (κ2) is 6.68. The van der Waals surface area contributed by atoms with Gasteiger partial charge in [-0.25, -0.2) is 4.98 Å². The standard InChI is InChI=1S/C17H21N3S/c1-17(2,11-10-13-6-4-3-5-7-13)20-15-9-8-14(12-19-15)16(18)21/h3-9,12H,10-11H2,1-2H3,(H2,18,21)(H,19,20). The maximum atomic E-state index is 5.57. The van der Waals surface area contributed by atoms with E-state index in [1.807, 2.05) is 18.2 Å². The molecule has 0 amide bonds. The molecule has 0 unspecified atom stereocenters. The van der Waals surface area contributed by atoms with Gasteiger partial charge in [0.25, 0.3) is 0 Å². The van der Waals surface area contributed by atoms with Crippen molar-refractivity contribution in [2.24, 2.45) is 5.73 Å². The third-order valence-corrected chi connectivity index (χ3v) is 3.63. The summed E-state index contributed by atoms with van der Waals surface area (Å²) in [7, 11) is 0. The van der Waals surface area contributed by atoms with Crippen LogP contribution in [0.3, 0.4) is 0 Å². The van der Waals surface area contributed by atoms with Crippen LogP contribution >= 0.6 is 12.2 Å². The molecule has 1 aromatic carbocycles. The third kappa shape index (κ3) is 4.83. The minimum atomic E-state index is -0.0341. The Kier molecular flexibility index (Phi) is 4.91. The van der Waals surface area contributed by atoms with Crippen molar-refractivity contribution in [2.45, 2.75) is 32.2 Å². The molecule has 110 valence electrons. The number of thiocarbonyl (C=S) groups is 1. The predicted octanol–water partition coefficient (Wildman–Crippen LogP) is 3.54. The molecule has 0 aliphatic rings. The highest BCUT2D eigenvalue weighted by atomic mass is 32.1. The van der Waals surface area contributed by atoms with Crippen LogP contribution in [0, 0.1) is 0 Å². The molecule has 0 aliphatic carbocycles. The molecular weight excluding hydrogens is 278 g/mol. The molecule has 0 saturated carbocycles. The Balaban J connectivity index is 1.95. The average Bonchev–Trinajstić information content (AvgIpc) is 2.46. The maximum Gasteiger partial charge on any atom is 0.126 e. The largest absolute Gasteiger partial charge is 0.389 e. The molecule has 0 bridgehead atoms. The van der Waals surface area contributed by atoms with Gasteiger partial charge in [-0.15, -0.1) is 0 Å². The molecule has 4 heteroatoms. The lowest BCUT2D eigenvalue weighted by Gasteiger charge is -2.27. The van der Waals surface area contributed by atoms with Gasteiger partial charge in [-0.05, 0) is 44.4 Å². The topological polar surface area (TPSA) is 50.9 Å². The van der Waals surface area contributed by atoms with Crippen molar-refractivity contribution in [3.8, 4) is 0 Å². The summed E-state index contributed by atoms with van der Waals surface area (Å²) in [6, 6.07) is 14.3. The van der Waals surface area contributed by atoms with Gasteiger partial charge in [0.15, 0.2) is 0 Å². The molecule has 0 fully saturated rings. The first kappa shape index (κ1) is 15.4. The summed E-state index contributed by atoms with van der Waals surface area (Å²) in [4.78, 5) is 4.73. The Morgan fingerprint density at radius 3 is 2.48 bits per heavy atom. The van der Waals surface area contributed by atoms with E-state index in [-0.39, 0.29) is 5.54 Å². The number of anilines is 1. The van der Waals surface area contributed by atoms with Gasteiger partial charge < -0.3 is 11.1 Å². The van der Waals surface area contributed by atoms with Crippen LogP contribution in [0.4, 0.5) is 5.82 Å². The van der Waals surface area contributed by atoms with E-state index in [1.165, 1.54) is 5.56 Å². The number of nitrogens with one attached hydrogen (secondary N) is 1. The van der Waals surface area contributed by atoms with Gasteiger partial charge in [0.1, 0.15) is 10.8 Å². The monoisotopic (exact) mass is 299 g/mol. The normalized spacial score (nSPS) is 11.1. The number of nitrogens with zero attached hydrogens (tertiary/aromatic N) is 1. The van der Waals surface area contributed by atoms with E-state index < -0.39 is 0 Å². The maximum absolute atomic E-state index is 5.57. The molecular formula is C17H21N3S. The molecule has 0 aliphatic heterocycles. The van der Waals surface area contributed by atoms with Crippen LogP contribution in [0.15, 0.2) is 48.7 Å². The SMILES string of the molecule is CC(C)(CCc1ccccc1)Nc1ccc(C(N)=S)cn1. The van der Waals surface area contributed by atoms with E-state index in [1.54, 1.807) is 6.20 Å². The molecule has 3 N–H and O–H groups in total. The number of aryl methyl sites for hydroxylation is 1. The van der Waals surface area contributed by atoms with Crippen molar-refractivity contribution in [2.75, 3.05) is 5.32 Å². The van der Waals surface area contributed by atoms with Crippen molar-refractivity contribution < 1.29 is 0 Å². The first-order valence-corrected chi connectivity index (χ1v) is 7.45. The smallest absolute Gasteiger partial charge is 0.126 e. The summed E-state index contributed by atoms with van der Waals surface area (Å²) in [5.41, 5.74) is 7.68. The van der Waals surface area contributed by atoms with Crippen LogP contribution in [0.25, 0.3) is 0 Å². The minimum absolute atomic E-state index is 0.0341. The fraction of sp³-hybridized carbons (Fsp3) is 0.294. The van der Waals surface area contributed by atoms with Crippen molar-refractivity contribution in [1.82, 2.24) is 4.98 Å². The summed E-state index contributed by atoms with van der Waals surface area (Å²) in [6.07, 6.45) is 3.76. The fourth-order valence-electron chi connectivity index (χ4n) is 2.12. The zero-order chi connectivity index (χ0) is 15.3. The van der Waals surface area contributed by atoms with Gasteiger partial charge in [-0.3, -0.25) is 0 Å². The number of nitrogens with two attached hydrogens (primary N) is 1. The molecule has 21 heavy (non-hydrogen) atoms. The number of hydrogen-bond acceptors (Lipinski definition) is 3. The first-order valence-electron chi connectivity index (χ1n) is 7.04. The third-order valence-electron chi connectivity index (χ3n) is 3.40. The molecule has 2 rings (SSSR count). The average molecular weight is 299 g/mol. The molecule has 0 radical (unpaired) electrons. The number of benzene rings is 1. The fourth-order valence-corrected chi connectivity index (χ4v) is 2.25. The van der Waals surface area contributed by atoms with Crippen molar-refractivity contribution in [1.29, 1.82) is 0 Å². The molecule has 0 atom stereocenters. The number of rotatable bonds is 6. The van der Waals surface area contributed by atoms with Gasteiger partial charge in [-0.1, -0.05) is 42.5 Å². The number of pyridine rings is 1. The quantitative estimate of drug-likeness (QED) is 0.801. The van der Waals surface area contributed by atoms with Crippen molar-refractivity contribution >= 4 is 23.0 Å². The Morgan fingerprint density at radius 2 is 1.90 bits per heavy atom. The van der Waals surface area contributed by atoms with E-state index in [2.05, 4.69) is 48.4 Å². The lowest BCUT2D eigenvalue weighted by Crippen LogP contribution is -2.31. The summed E-state index contributed by atoms with van der Waals surface area (Å²) < 4.78 is 0. The van der Waals surface area contributed by atoms with E-state index in [0.717, 1.165) is 24.2 Å². The van der Waals surface area contributed by atoms with E-state index in [0.29, 0.717) is 4.99 Å². The zero-order valence-electron chi connectivity index (χ0n) is 12.5. The van der Waals surface area contributed by atoms with Gasteiger partial charge in [0.2, 0.25) is 0 Å². The van der Waals surface area contributed by atoms with E-state index in [4.69, 9.17) is 18.0 Å². The molecule has 0 spiro atoms. The zero-order valence-corrected chi connectivity index (χ0v) is 13.3. The molecule has 3 nitrogen and oxygen atoms in total. The lowest BCUT2D eigenvalue weighted by molar-refractivity contribution is 0.516. The second-order valence-corrected chi connectivity index (χ2v) is 6.23. The molecule has 1 aromatic heterocycles. The van der Waals surface area contributed by atoms with Gasteiger partial charge in [0.05, 0.1) is 0 Å². The Hall–Kier alpha value is -1.94. The van der Waals surface area contributed by atoms with Crippen molar-refractivity contribution in [3.05, 3.63) is 59.8 Å². The Morgan fingerprint density at radius 1 is 1.19 bits per heavy atom. The van der Waals surface area contributed by atoms with Gasteiger partial charge in [0, 0.05) is 17.3 Å². The number of aromatic nitrogens is 1. The van der Waals surface area contributed by atoms with Crippen LogP contribution in [0.5, 0.6) is 0 Å². The summed E-state index contributed by atoms with van der Waals surface area (Å²) >= 11 is 4.93. The van der Waals surface area contributed by atoms with Crippen LogP contribution in [0.2, 0.25) is 0 Å². The first-order chi connectivity index (χ1) is 9.96. The molecule has 2 aromatic rings. The minimum Gasteiger partial charge on any atom is -0.389 e. The van der Waals surface area contributed by atoms with Crippen LogP contribution < -0.4 is 11.1 Å². The predicted molar refractivity (Wildman–Crippen MR) is 92.6 cm³/mol. The highest BCUT2D eigenvalue weighted by molar-refractivity contribution is 7.80. The highest BCUT2D eigenvalue weighted by Crippen LogP contribution is 2.19. The summed E-state index contributed by atoms with van der Waals surface area (Å²) in [5, 5.41) is 3.46. The second-order valence-electron chi connectivity index (χ2n) is 5.79. The van der Waals surface area contributed by atoms with Gasteiger partial charge in [-0.2, -0.15) is 0 Å². The van der Waals surface area contributed by atoms with Crippen LogP contribution in [-0.2, 0) is 6.42 Å². The number of hydrogen-bond donors (Lipinski definition) is 2. The summed E-state index contributed by atoms with van der Waals surface area (Å²) in [5.74, 6) is 0.841.